The lowest BCUT2D eigenvalue weighted by atomic mass is 9.87. The predicted molar refractivity (Wildman–Crippen MR) is 115 cm³/mol. The number of likely N-dealkylation sites (tertiary alicyclic amines) is 1. The number of aromatic nitrogens is 2. The molecule has 1 aliphatic carbocycles. The lowest BCUT2D eigenvalue weighted by Crippen LogP contribution is -2.45. The van der Waals surface area contributed by atoms with Crippen molar-refractivity contribution in [2.75, 3.05) is 26.2 Å². The molecule has 0 saturated carbocycles. The highest BCUT2D eigenvalue weighted by Crippen LogP contribution is 2.31. The van der Waals surface area contributed by atoms with Gasteiger partial charge in [-0.15, -0.1) is 0 Å². The Morgan fingerprint density at radius 2 is 1.87 bits per heavy atom. The molecule has 1 unspecified atom stereocenters. The van der Waals surface area contributed by atoms with Crippen LogP contribution in [0, 0.1) is 5.92 Å². The second-order valence-corrected chi connectivity index (χ2v) is 9.20. The maximum atomic E-state index is 13.5. The molecule has 1 saturated heterocycles. The maximum Gasteiger partial charge on any atom is 0.274 e. The van der Waals surface area contributed by atoms with Crippen LogP contribution in [0.3, 0.4) is 0 Å². The van der Waals surface area contributed by atoms with Crippen LogP contribution in [0.15, 0.2) is 24.3 Å². The van der Waals surface area contributed by atoms with E-state index in [2.05, 4.69) is 29.2 Å². The Balaban J connectivity index is 1.34. The van der Waals surface area contributed by atoms with Crippen molar-refractivity contribution in [1.29, 1.82) is 0 Å². The zero-order chi connectivity index (χ0) is 20.7. The zero-order valence-electron chi connectivity index (χ0n) is 17.9. The van der Waals surface area contributed by atoms with Crippen molar-refractivity contribution in [3.05, 3.63) is 52.3 Å². The third-order valence-electron chi connectivity index (χ3n) is 7.47. The van der Waals surface area contributed by atoms with E-state index >= 15 is 0 Å². The number of amides is 1. The first-order valence-electron chi connectivity index (χ1n) is 11.4. The molecule has 1 N–H and O–H groups in total. The van der Waals surface area contributed by atoms with Crippen LogP contribution >= 0.6 is 0 Å². The number of carbonyl (C=O) groups is 1. The number of carbonyl (C=O) groups excluding carboxylic acids is 1. The number of benzene rings is 1. The van der Waals surface area contributed by atoms with Gasteiger partial charge in [-0.3, -0.25) is 9.48 Å². The summed E-state index contributed by atoms with van der Waals surface area (Å²) >= 11 is 0. The highest BCUT2D eigenvalue weighted by Gasteiger charge is 2.34. The molecule has 2 aliphatic heterocycles. The van der Waals surface area contributed by atoms with E-state index in [0.717, 1.165) is 58.2 Å². The van der Waals surface area contributed by atoms with E-state index in [1.807, 2.05) is 16.6 Å². The van der Waals surface area contributed by atoms with Crippen LogP contribution in [0.4, 0.5) is 0 Å². The van der Waals surface area contributed by atoms with Gasteiger partial charge in [0.25, 0.3) is 5.91 Å². The lowest BCUT2D eigenvalue weighted by Gasteiger charge is -2.39. The van der Waals surface area contributed by atoms with Crippen molar-refractivity contribution in [3.8, 4) is 0 Å². The minimum atomic E-state index is 0.0843. The average Bonchev–Trinajstić information content (AvgIpc) is 3.14. The van der Waals surface area contributed by atoms with Gasteiger partial charge in [0.2, 0.25) is 0 Å². The molecule has 3 heterocycles. The van der Waals surface area contributed by atoms with Crippen molar-refractivity contribution in [3.63, 3.8) is 0 Å². The van der Waals surface area contributed by atoms with Gasteiger partial charge in [-0.25, -0.2) is 0 Å². The summed E-state index contributed by atoms with van der Waals surface area (Å²) in [7, 11) is 1.98. The number of nitrogens with zero attached hydrogens (tertiary/aromatic N) is 4. The zero-order valence-corrected chi connectivity index (χ0v) is 17.9. The van der Waals surface area contributed by atoms with Crippen LogP contribution in [-0.4, -0.2) is 62.9 Å². The maximum absolute atomic E-state index is 13.5. The molecule has 6 nitrogen and oxygen atoms in total. The first-order valence-corrected chi connectivity index (χ1v) is 11.4. The van der Waals surface area contributed by atoms with Crippen LogP contribution in [0.25, 0.3) is 0 Å². The van der Waals surface area contributed by atoms with Gasteiger partial charge in [-0.1, -0.05) is 24.3 Å². The molecule has 0 bridgehead atoms. The minimum Gasteiger partial charge on any atom is -0.396 e. The van der Waals surface area contributed by atoms with Crippen LogP contribution in [0.1, 0.15) is 52.1 Å². The summed E-state index contributed by atoms with van der Waals surface area (Å²) in [6, 6.07) is 8.92. The van der Waals surface area contributed by atoms with E-state index in [0.29, 0.717) is 30.8 Å². The van der Waals surface area contributed by atoms with Gasteiger partial charge < -0.3 is 14.9 Å². The summed E-state index contributed by atoms with van der Waals surface area (Å²) in [5.41, 5.74) is 5.68. The normalized spacial score (nSPS) is 22.6. The number of piperidine rings is 1. The number of aliphatic hydroxyl groups excluding tert-OH is 1. The van der Waals surface area contributed by atoms with E-state index in [-0.39, 0.29) is 5.91 Å². The van der Waals surface area contributed by atoms with Crippen molar-refractivity contribution in [2.24, 2.45) is 13.0 Å². The van der Waals surface area contributed by atoms with E-state index < -0.39 is 0 Å². The smallest absolute Gasteiger partial charge is 0.274 e. The Hall–Kier alpha value is -2.18. The second kappa shape index (κ2) is 8.16. The Morgan fingerprint density at radius 1 is 1.10 bits per heavy atom. The van der Waals surface area contributed by atoms with Crippen molar-refractivity contribution < 1.29 is 9.90 Å². The largest absolute Gasteiger partial charge is 0.396 e. The highest BCUT2D eigenvalue weighted by molar-refractivity contribution is 5.94. The molecule has 0 spiro atoms. The molecule has 30 heavy (non-hydrogen) atoms. The van der Waals surface area contributed by atoms with Gasteiger partial charge in [0.05, 0.1) is 0 Å². The molecule has 0 radical (unpaired) electrons. The molecule has 3 aliphatic rings. The van der Waals surface area contributed by atoms with Crippen molar-refractivity contribution in [2.45, 2.75) is 51.1 Å². The van der Waals surface area contributed by atoms with Gasteiger partial charge in [0, 0.05) is 44.0 Å². The molecule has 1 aromatic carbocycles. The first kappa shape index (κ1) is 19.8. The predicted octanol–water partition coefficient (Wildman–Crippen LogP) is 2.18. The van der Waals surface area contributed by atoms with Crippen LogP contribution < -0.4 is 0 Å². The van der Waals surface area contributed by atoms with Gasteiger partial charge in [0.1, 0.15) is 0 Å². The quantitative estimate of drug-likeness (QED) is 0.846. The number of fused-ring (bicyclic) bond motifs is 2. The van der Waals surface area contributed by atoms with Crippen LogP contribution in [-0.2, 0) is 32.9 Å². The monoisotopic (exact) mass is 408 g/mol. The summed E-state index contributed by atoms with van der Waals surface area (Å²) in [6.45, 7) is 3.86. The lowest BCUT2D eigenvalue weighted by molar-refractivity contribution is 0.0723. The summed E-state index contributed by atoms with van der Waals surface area (Å²) in [5.74, 6) is 0.541. The number of hydrogen-bond acceptors (Lipinski definition) is 4. The summed E-state index contributed by atoms with van der Waals surface area (Å²) in [5, 5.41) is 14.1. The van der Waals surface area contributed by atoms with Crippen LogP contribution in [0.2, 0.25) is 0 Å². The molecule has 1 atom stereocenters. The van der Waals surface area contributed by atoms with E-state index in [9.17, 15) is 9.90 Å². The third kappa shape index (κ3) is 3.56. The molecule has 1 aromatic heterocycles. The topological polar surface area (TPSA) is 61.6 Å². The number of aliphatic hydroxyl groups is 1. The number of aryl methyl sites for hydroxylation is 1. The van der Waals surface area contributed by atoms with E-state index in [1.54, 1.807) is 0 Å². The SMILES string of the molecule is Cn1nc(C(=O)N2CCc3ccccc3C2)c2c1CCC(N1CCC(CO)CC1)C2. The fourth-order valence-electron chi connectivity index (χ4n) is 5.57. The van der Waals surface area contributed by atoms with E-state index in [4.69, 9.17) is 5.10 Å². The molecular weight excluding hydrogens is 376 g/mol. The molecular formula is C24H32N4O2. The summed E-state index contributed by atoms with van der Waals surface area (Å²) < 4.78 is 1.94. The first-order chi connectivity index (χ1) is 14.6. The molecule has 1 amide bonds. The van der Waals surface area contributed by atoms with Gasteiger partial charge in [-0.05, 0) is 68.7 Å². The standard InChI is InChI=1S/C24H32N4O2/c1-26-22-7-6-20(27-11-8-17(16-29)9-12-27)14-21(22)23(25-26)24(30)28-13-10-18-4-2-3-5-19(18)15-28/h2-5,17,20,29H,6-16H2,1H3. The Kier molecular flexibility index (Phi) is 5.37. The third-order valence-corrected chi connectivity index (χ3v) is 7.47. The highest BCUT2D eigenvalue weighted by atomic mass is 16.3. The van der Waals surface area contributed by atoms with Gasteiger partial charge >= 0.3 is 0 Å². The second-order valence-electron chi connectivity index (χ2n) is 9.20. The molecule has 2 aromatic rings. The minimum absolute atomic E-state index is 0.0843. The molecule has 1 fully saturated rings. The Morgan fingerprint density at radius 3 is 2.63 bits per heavy atom. The van der Waals surface area contributed by atoms with Gasteiger partial charge in [-0.2, -0.15) is 5.10 Å². The average molecular weight is 409 g/mol. The number of hydrogen-bond donors (Lipinski definition) is 1. The Labute approximate surface area is 178 Å². The molecule has 6 heteroatoms. The number of rotatable bonds is 3. The fourth-order valence-corrected chi connectivity index (χ4v) is 5.57. The van der Waals surface area contributed by atoms with Crippen molar-refractivity contribution in [1.82, 2.24) is 19.6 Å². The summed E-state index contributed by atoms with van der Waals surface area (Å²) in [6.07, 6.45) is 6.09. The summed E-state index contributed by atoms with van der Waals surface area (Å²) in [4.78, 5) is 18.0. The van der Waals surface area contributed by atoms with Gasteiger partial charge in [0.15, 0.2) is 5.69 Å². The van der Waals surface area contributed by atoms with Crippen LogP contribution in [0.5, 0.6) is 0 Å². The fraction of sp³-hybridized carbons (Fsp3) is 0.583. The molecule has 160 valence electrons. The Bertz CT molecular complexity index is 929. The van der Waals surface area contributed by atoms with E-state index in [1.165, 1.54) is 22.4 Å². The molecule has 5 rings (SSSR count). The van der Waals surface area contributed by atoms with Crippen molar-refractivity contribution >= 4 is 5.91 Å².